The maximum Gasteiger partial charge on any atom is 0.253 e. The van der Waals surface area contributed by atoms with E-state index in [0.717, 1.165) is 67.1 Å². The molecule has 0 bridgehead atoms. The summed E-state index contributed by atoms with van der Waals surface area (Å²) in [5.74, 6) is 2.35. The predicted molar refractivity (Wildman–Crippen MR) is 99.4 cm³/mol. The van der Waals surface area contributed by atoms with E-state index in [0.29, 0.717) is 6.04 Å². The lowest BCUT2D eigenvalue weighted by molar-refractivity contribution is 0.0772. The molecule has 2 fully saturated rings. The van der Waals surface area contributed by atoms with Gasteiger partial charge in [-0.1, -0.05) is 12.5 Å². The number of nitrogens with zero attached hydrogens (tertiary/aromatic N) is 2. The second kappa shape index (κ2) is 7.94. The van der Waals surface area contributed by atoms with Gasteiger partial charge in [-0.2, -0.15) is 17.0 Å². The minimum atomic E-state index is 0.136. The van der Waals surface area contributed by atoms with Crippen molar-refractivity contribution in [1.82, 2.24) is 4.90 Å². The van der Waals surface area contributed by atoms with Crippen LogP contribution in [0.3, 0.4) is 0 Å². The minimum Gasteiger partial charge on any atom is -0.382 e. The number of hydrogen-bond donors (Lipinski definition) is 1. The molecule has 1 saturated carbocycles. The number of benzene rings is 1. The fraction of sp³-hybridized carbons (Fsp3) is 0.579. The van der Waals surface area contributed by atoms with Crippen molar-refractivity contribution in [3.05, 3.63) is 29.3 Å². The predicted octanol–water partition coefficient (Wildman–Crippen LogP) is 3.68. The first kappa shape index (κ1) is 17.2. The molecule has 5 heteroatoms. The SMILES string of the molecule is Cc1ccc(C(=O)N2CCSCC2)cc1N[C@H]1CCC[C@@H](C#N)C1. The number of carbonyl (C=O) groups excluding carboxylic acids is 1. The molecule has 0 unspecified atom stereocenters. The van der Waals surface area contributed by atoms with Gasteiger partial charge in [0.1, 0.15) is 0 Å². The standard InChI is InChI=1S/C19H25N3OS/c1-14-5-6-16(19(23)22-7-9-24-10-8-22)12-18(14)21-17-4-2-3-15(11-17)13-20/h5-6,12,15,17,21H,2-4,7-11H2,1H3/t15-,17+/m1/s1. The number of nitriles is 1. The molecule has 1 aliphatic carbocycles. The molecule has 0 radical (unpaired) electrons. The highest BCUT2D eigenvalue weighted by molar-refractivity contribution is 7.99. The molecule has 1 N–H and O–H groups in total. The lowest BCUT2D eigenvalue weighted by atomic mass is 9.86. The summed E-state index contributed by atoms with van der Waals surface area (Å²) in [4.78, 5) is 14.7. The number of nitrogens with one attached hydrogen (secondary N) is 1. The molecule has 3 rings (SSSR count). The van der Waals surface area contributed by atoms with Crippen LogP contribution in [0, 0.1) is 24.2 Å². The highest BCUT2D eigenvalue weighted by Gasteiger charge is 2.23. The topological polar surface area (TPSA) is 56.1 Å². The summed E-state index contributed by atoms with van der Waals surface area (Å²) >= 11 is 1.91. The Bertz CT molecular complexity index is 634. The lowest BCUT2D eigenvalue weighted by Crippen LogP contribution is -2.38. The first-order valence-electron chi connectivity index (χ1n) is 8.81. The molecule has 1 saturated heterocycles. The van der Waals surface area contributed by atoms with Crippen LogP contribution in [-0.2, 0) is 0 Å². The van der Waals surface area contributed by atoms with Crippen molar-refractivity contribution in [2.45, 2.75) is 38.6 Å². The third kappa shape index (κ3) is 4.05. The number of amides is 1. The van der Waals surface area contributed by atoms with Gasteiger partial charge in [-0.05, 0) is 43.9 Å². The van der Waals surface area contributed by atoms with Crippen molar-refractivity contribution < 1.29 is 4.79 Å². The molecule has 1 heterocycles. The van der Waals surface area contributed by atoms with Crippen molar-refractivity contribution in [2.24, 2.45) is 5.92 Å². The molecule has 1 amide bonds. The van der Waals surface area contributed by atoms with Crippen LogP contribution in [0.5, 0.6) is 0 Å². The van der Waals surface area contributed by atoms with Gasteiger partial charge in [-0.25, -0.2) is 0 Å². The zero-order valence-electron chi connectivity index (χ0n) is 14.3. The van der Waals surface area contributed by atoms with E-state index in [1.165, 1.54) is 0 Å². The van der Waals surface area contributed by atoms with Crippen LogP contribution in [0.25, 0.3) is 0 Å². The van der Waals surface area contributed by atoms with E-state index in [4.69, 9.17) is 5.26 Å². The molecule has 128 valence electrons. The minimum absolute atomic E-state index is 0.136. The first-order valence-corrected chi connectivity index (χ1v) is 9.96. The lowest BCUT2D eigenvalue weighted by Gasteiger charge is -2.29. The molecule has 1 aliphatic heterocycles. The third-order valence-corrected chi connectivity index (χ3v) is 5.94. The molecule has 2 atom stereocenters. The Labute approximate surface area is 148 Å². The van der Waals surface area contributed by atoms with Gasteiger partial charge in [0.25, 0.3) is 5.91 Å². The highest BCUT2D eigenvalue weighted by Crippen LogP contribution is 2.28. The number of aryl methyl sites for hydroxylation is 1. The monoisotopic (exact) mass is 343 g/mol. The highest BCUT2D eigenvalue weighted by atomic mass is 32.2. The summed E-state index contributed by atoms with van der Waals surface area (Å²) in [5, 5.41) is 12.7. The smallest absolute Gasteiger partial charge is 0.253 e. The van der Waals surface area contributed by atoms with Crippen LogP contribution in [0.1, 0.15) is 41.6 Å². The van der Waals surface area contributed by atoms with Crippen molar-refractivity contribution in [2.75, 3.05) is 29.9 Å². The van der Waals surface area contributed by atoms with E-state index in [1.54, 1.807) is 0 Å². The van der Waals surface area contributed by atoms with E-state index >= 15 is 0 Å². The van der Waals surface area contributed by atoms with E-state index < -0.39 is 0 Å². The first-order chi connectivity index (χ1) is 11.7. The van der Waals surface area contributed by atoms with Crippen LogP contribution in [0.2, 0.25) is 0 Å². The van der Waals surface area contributed by atoms with Crippen molar-refractivity contribution in [3.63, 3.8) is 0 Å². The van der Waals surface area contributed by atoms with Crippen LogP contribution in [-0.4, -0.2) is 41.4 Å². The molecule has 1 aromatic rings. The Kier molecular flexibility index (Phi) is 5.68. The second-order valence-corrected chi connectivity index (χ2v) is 7.99. The Balaban J connectivity index is 1.71. The van der Waals surface area contributed by atoms with Gasteiger partial charge < -0.3 is 10.2 Å². The summed E-state index contributed by atoms with van der Waals surface area (Å²) in [5.41, 5.74) is 2.96. The van der Waals surface area contributed by atoms with E-state index in [2.05, 4.69) is 18.3 Å². The van der Waals surface area contributed by atoms with Crippen LogP contribution in [0.4, 0.5) is 5.69 Å². The van der Waals surface area contributed by atoms with Gasteiger partial charge in [0.2, 0.25) is 0 Å². The number of thioether (sulfide) groups is 1. The van der Waals surface area contributed by atoms with Gasteiger partial charge in [0.15, 0.2) is 0 Å². The van der Waals surface area contributed by atoms with Gasteiger partial charge in [-0.15, -0.1) is 0 Å². The van der Waals surface area contributed by atoms with Crippen LogP contribution >= 0.6 is 11.8 Å². The van der Waals surface area contributed by atoms with Gasteiger partial charge in [-0.3, -0.25) is 4.79 Å². The molecule has 4 nitrogen and oxygen atoms in total. The van der Waals surface area contributed by atoms with Crippen molar-refractivity contribution in [1.29, 1.82) is 5.26 Å². The fourth-order valence-corrected chi connectivity index (χ4v) is 4.42. The van der Waals surface area contributed by atoms with Crippen LogP contribution in [0.15, 0.2) is 18.2 Å². The second-order valence-electron chi connectivity index (χ2n) is 6.77. The average molecular weight is 343 g/mol. The Morgan fingerprint density at radius 2 is 2.12 bits per heavy atom. The summed E-state index contributed by atoms with van der Waals surface area (Å²) in [7, 11) is 0. The van der Waals surface area contributed by atoms with Crippen molar-refractivity contribution >= 4 is 23.4 Å². The number of anilines is 1. The maximum absolute atomic E-state index is 12.7. The van der Waals surface area contributed by atoms with Crippen LogP contribution < -0.4 is 5.32 Å². The molecule has 0 spiro atoms. The van der Waals surface area contributed by atoms with E-state index in [9.17, 15) is 4.79 Å². The zero-order valence-corrected chi connectivity index (χ0v) is 15.1. The molecule has 2 aliphatic rings. The van der Waals surface area contributed by atoms with E-state index in [-0.39, 0.29) is 11.8 Å². The summed E-state index contributed by atoms with van der Waals surface area (Å²) in [6.07, 6.45) is 4.11. The number of carbonyl (C=O) groups is 1. The van der Waals surface area contributed by atoms with Gasteiger partial charge >= 0.3 is 0 Å². The number of hydrogen-bond acceptors (Lipinski definition) is 4. The third-order valence-electron chi connectivity index (χ3n) is 5.00. The van der Waals surface area contributed by atoms with Gasteiger partial charge in [0, 0.05) is 47.8 Å². The molecule has 1 aromatic carbocycles. The molecular formula is C19H25N3OS. The molecular weight excluding hydrogens is 318 g/mol. The quantitative estimate of drug-likeness (QED) is 0.909. The summed E-state index contributed by atoms with van der Waals surface area (Å²) in [6, 6.07) is 8.69. The zero-order chi connectivity index (χ0) is 16.9. The summed E-state index contributed by atoms with van der Waals surface area (Å²) in [6.45, 7) is 3.75. The normalized spacial score (nSPS) is 24.2. The maximum atomic E-state index is 12.7. The Hall–Kier alpha value is -1.67. The Morgan fingerprint density at radius 3 is 2.88 bits per heavy atom. The average Bonchev–Trinajstić information content (AvgIpc) is 2.64. The molecule has 0 aromatic heterocycles. The fourth-order valence-electron chi connectivity index (χ4n) is 3.52. The summed E-state index contributed by atoms with van der Waals surface area (Å²) < 4.78 is 0. The Morgan fingerprint density at radius 1 is 1.33 bits per heavy atom. The van der Waals surface area contributed by atoms with Gasteiger partial charge in [0.05, 0.1) is 6.07 Å². The van der Waals surface area contributed by atoms with E-state index in [1.807, 2.05) is 34.9 Å². The largest absolute Gasteiger partial charge is 0.382 e. The number of rotatable bonds is 3. The van der Waals surface area contributed by atoms with Crippen molar-refractivity contribution in [3.8, 4) is 6.07 Å². The molecule has 24 heavy (non-hydrogen) atoms.